The summed E-state index contributed by atoms with van der Waals surface area (Å²) in [6.45, 7) is 20.4. The molecule has 0 bridgehead atoms. The predicted octanol–water partition coefficient (Wildman–Crippen LogP) is 4.47. The maximum atomic E-state index is 15.0. The van der Waals surface area contributed by atoms with Crippen molar-refractivity contribution in [1.82, 2.24) is 44.2 Å². The van der Waals surface area contributed by atoms with E-state index < -0.39 is 83.4 Å². The standard InChI is InChI=1S/C52H79N9O11/c1-11-42-52(8)46(61(50(66)72-52)19-13-12-18-59-31-40(54-32-59)38-15-14-17-53-29-38)35(4)43(62)33(2)28-51(7,67-10)47(36(5)44(63)37(6)48(65)70-42)71-49-45(64)41(27-34(3)69-49)57(9)20-16-39-30-60(56-55-39)22-21-58-23-25-68-26-24-58/h14-15,17,29-37,41-42,45-47,49,64H,11-13,16,18-28H2,1-10H3/t33-,34-,35+,36+,37-,41+,42-,45-,46-,47-,49+,51-,52-/m1/s1. The van der Waals surface area contributed by atoms with Crippen LogP contribution in [-0.4, -0.2) is 187 Å². The number of unbranched alkanes of at least 4 members (excludes halogenated alkanes) is 1. The Bertz CT molecular complexity index is 2280. The molecule has 4 aliphatic rings. The van der Waals surface area contributed by atoms with Gasteiger partial charge in [0.05, 0.1) is 61.3 Å². The van der Waals surface area contributed by atoms with E-state index in [0.29, 0.717) is 38.8 Å². The van der Waals surface area contributed by atoms with Crippen LogP contribution < -0.4 is 0 Å². The van der Waals surface area contributed by atoms with Crippen molar-refractivity contribution < 1.29 is 52.7 Å². The van der Waals surface area contributed by atoms with Crippen LogP contribution in [0.5, 0.6) is 0 Å². The van der Waals surface area contributed by atoms with Gasteiger partial charge in [-0.25, -0.2) is 9.78 Å². The molecule has 0 spiro atoms. The molecule has 1 N–H and O–H groups in total. The summed E-state index contributed by atoms with van der Waals surface area (Å²) < 4.78 is 41.2. The van der Waals surface area contributed by atoms with Crippen LogP contribution in [-0.2, 0) is 62.3 Å². The number of aliphatic hydroxyl groups excluding tert-OH is 1. The average Bonchev–Trinajstić information content (AvgIpc) is 4.12. The van der Waals surface area contributed by atoms with Crippen LogP contribution in [0, 0.1) is 23.7 Å². The van der Waals surface area contributed by atoms with E-state index in [1.54, 1.807) is 51.3 Å². The zero-order chi connectivity index (χ0) is 51.9. The number of nitrogens with zero attached hydrogens (tertiary/aromatic N) is 9. The largest absolute Gasteiger partial charge is 0.458 e. The fourth-order valence-electron chi connectivity index (χ4n) is 11.4. The number of amides is 1. The molecular formula is C52H79N9O11. The lowest BCUT2D eigenvalue weighted by Gasteiger charge is -2.47. The molecule has 7 heterocycles. The molecule has 0 radical (unpaired) electrons. The number of morpholine rings is 1. The van der Waals surface area contributed by atoms with Gasteiger partial charge in [-0.3, -0.25) is 28.9 Å². The number of hydrogen-bond donors (Lipinski definition) is 1. The van der Waals surface area contributed by atoms with E-state index in [4.69, 9.17) is 28.4 Å². The third-order valence-corrected chi connectivity index (χ3v) is 15.8. The maximum Gasteiger partial charge on any atom is 0.410 e. The molecular weight excluding hydrogens is 927 g/mol. The summed E-state index contributed by atoms with van der Waals surface area (Å²) in [7, 11) is 3.45. The van der Waals surface area contributed by atoms with Crippen molar-refractivity contribution >= 4 is 23.6 Å². The van der Waals surface area contributed by atoms with Crippen LogP contribution >= 0.6 is 0 Å². The minimum absolute atomic E-state index is 0.101. The highest BCUT2D eigenvalue weighted by molar-refractivity contribution is 6.00. The Morgan fingerprint density at radius 3 is 2.42 bits per heavy atom. The van der Waals surface area contributed by atoms with Crippen molar-refractivity contribution in [3.63, 3.8) is 0 Å². The van der Waals surface area contributed by atoms with Gasteiger partial charge in [-0.05, 0) is 79.0 Å². The molecule has 7 rings (SSSR count). The molecule has 0 aliphatic carbocycles. The molecule has 72 heavy (non-hydrogen) atoms. The molecule has 4 fully saturated rings. The normalized spacial score (nSPS) is 33.4. The number of ether oxygens (including phenoxy) is 6. The fraction of sp³-hybridized carbons (Fsp3) is 0.731. The third-order valence-electron chi connectivity index (χ3n) is 15.8. The average molecular weight is 1010 g/mol. The van der Waals surface area contributed by atoms with E-state index in [-0.39, 0.29) is 37.3 Å². The number of cyclic esters (lactones) is 1. The zero-order valence-corrected chi connectivity index (χ0v) is 44.1. The lowest BCUT2D eigenvalue weighted by atomic mass is 9.73. The van der Waals surface area contributed by atoms with E-state index >= 15 is 0 Å². The Labute approximate surface area is 424 Å². The highest BCUT2D eigenvalue weighted by Crippen LogP contribution is 2.43. The number of pyridine rings is 1. The topological polar surface area (TPSA) is 215 Å². The van der Waals surface area contributed by atoms with E-state index in [0.717, 1.165) is 56.3 Å². The Balaban J connectivity index is 1.07. The molecule has 0 unspecified atom stereocenters. The van der Waals surface area contributed by atoms with Gasteiger partial charge >= 0.3 is 12.1 Å². The van der Waals surface area contributed by atoms with Crippen molar-refractivity contribution in [1.29, 1.82) is 0 Å². The number of carbonyl (C=O) groups excluding carboxylic acids is 4. The highest BCUT2D eigenvalue weighted by Gasteiger charge is 2.60. The summed E-state index contributed by atoms with van der Waals surface area (Å²) in [6, 6.07) is 2.61. The van der Waals surface area contributed by atoms with E-state index in [9.17, 15) is 24.3 Å². The Morgan fingerprint density at radius 1 is 0.958 bits per heavy atom. The first-order chi connectivity index (χ1) is 34.4. The van der Waals surface area contributed by atoms with Crippen molar-refractivity contribution in [2.45, 2.75) is 161 Å². The van der Waals surface area contributed by atoms with Crippen molar-refractivity contribution in [2.24, 2.45) is 23.7 Å². The molecule has 4 aliphatic heterocycles. The van der Waals surface area contributed by atoms with E-state index in [2.05, 4.69) is 30.1 Å². The number of Topliss-reactive ketones (excluding diaryl/α,β-unsaturated/α-hetero) is 2. The van der Waals surface area contributed by atoms with Crippen molar-refractivity contribution in [3.05, 3.63) is 48.9 Å². The number of esters is 1. The number of hydrogen-bond acceptors (Lipinski definition) is 17. The Morgan fingerprint density at radius 2 is 1.71 bits per heavy atom. The molecule has 20 heteroatoms. The molecule has 13 atom stereocenters. The van der Waals surface area contributed by atoms with E-state index in [1.807, 2.05) is 61.6 Å². The van der Waals surface area contributed by atoms with E-state index in [1.165, 1.54) is 14.0 Å². The SMILES string of the molecule is CC[C@H]1OC(=O)[C@H](C)C(=O)[C@H](C)[C@@H](O[C@@H]2O[C@H](C)C[C@H](N(C)CCc3cn(CCN4CCOCC4)nn3)[C@H]2O)[C@](C)(OC)C[C@@H](C)C(=O)[C@H](C)[C@H]2N(CCCCn3cnc(-c4cccnc4)c3)C(=O)O[C@]12C. The van der Waals surface area contributed by atoms with Crippen LogP contribution in [0.15, 0.2) is 43.2 Å². The summed E-state index contributed by atoms with van der Waals surface area (Å²) in [4.78, 5) is 72.6. The van der Waals surface area contributed by atoms with Crippen molar-refractivity contribution in [2.75, 3.05) is 60.1 Å². The van der Waals surface area contributed by atoms with Gasteiger partial charge in [0.1, 0.15) is 23.9 Å². The van der Waals surface area contributed by atoms with Gasteiger partial charge in [0.25, 0.3) is 0 Å². The van der Waals surface area contributed by atoms with Crippen LogP contribution in [0.1, 0.15) is 93.2 Å². The lowest BCUT2D eigenvalue weighted by molar-refractivity contribution is -0.296. The first-order valence-corrected chi connectivity index (χ1v) is 26.0. The van der Waals surface area contributed by atoms with Crippen molar-refractivity contribution in [3.8, 4) is 11.3 Å². The number of fused-ring (bicyclic) bond motifs is 1. The third kappa shape index (κ3) is 12.4. The number of aryl methyl sites for hydroxylation is 1. The van der Waals surface area contributed by atoms with Gasteiger partial charge in [0.2, 0.25) is 0 Å². The maximum absolute atomic E-state index is 15.0. The molecule has 0 saturated carbocycles. The van der Waals surface area contributed by atoms with Gasteiger partial charge in [0.15, 0.2) is 17.7 Å². The van der Waals surface area contributed by atoms with Gasteiger partial charge in [-0.1, -0.05) is 32.9 Å². The summed E-state index contributed by atoms with van der Waals surface area (Å²) in [6.07, 6.45) is 6.56. The first-order valence-electron chi connectivity index (χ1n) is 26.0. The summed E-state index contributed by atoms with van der Waals surface area (Å²) in [5.74, 6) is -5.14. The van der Waals surface area contributed by atoms with Crippen LogP contribution in [0.3, 0.4) is 0 Å². The molecule has 20 nitrogen and oxygen atoms in total. The number of likely N-dealkylation sites (N-methyl/N-ethyl adjacent to an activating group) is 1. The lowest BCUT2D eigenvalue weighted by Crippen LogP contribution is -2.60. The summed E-state index contributed by atoms with van der Waals surface area (Å²) >= 11 is 0. The number of carbonyl (C=O) groups is 4. The summed E-state index contributed by atoms with van der Waals surface area (Å²) in [5, 5.41) is 20.9. The molecule has 3 aromatic heterocycles. The molecule has 4 saturated heterocycles. The Hall–Kier alpha value is -4.70. The number of rotatable bonds is 17. The first kappa shape index (κ1) is 55.1. The number of aliphatic hydroxyl groups is 1. The van der Waals surface area contributed by atoms with Crippen LogP contribution in [0.2, 0.25) is 0 Å². The van der Waals surface area contributed by atoms with Crippen LogP contribution in [0.4, 0.5) is 4.79 Å². The summed E-state index contributed by atoms with van der Waals surface area (Å²) in [5.41, 5.74) is -0.187. The molecule has 1 amide bonds. The number of methoxy groups -OCH3 is 1. The smallest absolute Gasteiger partial charge is 0.410 e. The highest BCUT2D eigenvalue weighted by atomic mass is 16.7. The fourth-order valence-corrected chi connectivity index (χ4v) is 11.4. The second-order valence-electron chi connectivity index (χ2n) is 21.0. The second kappa shape index (κ2) is 24.1. The second-order valence-corrected chi connectivity index (χ2v) is 21.0. The molecule has 3 aromatic rings. The monoisotopic (exact) mass is 1010 g/mol. The Kier molecular flexibility index (Phi) is 18.4. The molecule has 398 valence electrons. The van der Waals surface area contributed by atoms with Gasteiger partial charge < -0.3 is 47.9 Å². The van der Waals surface area contributed by atoms with Crippen LogP contribution in [0.25, 0.3) is 11.3 Å². The number of aromatic nitrogens is 6. The zero-order valence-electron chi connectivity index (χ0n) is 44.1. The van der Waals surface area contributed by atoms with Gasteiger partial charge in [-0.2, -0.15) is 0 Å². The predicted molar refractivity (Wildman–Crippen MR) is 264 cm³/mol. The van der Waals surface area contributed by atoms with Gasteiger partial charge in [0, 0.05) is 107 Å². The quantitative estimate of drug-likeness (QED) is 0.112. The number of ketones is 2. The molecule has 0 aromatic carbocycles. The van der Waals surface area contributed by atoms with Gasteiger partial charge in [-0.15, -0.1) is 5.10 Å². The minimum atomic E-state index is -1.43. The minimum Gasteiger partial charge on any atom is -0.458 e. The number of imidazole rings is 1.